The van der Waals surface area contributed by atoms with E-state index in [0.717, 1.165) is 18.3 Å². The highest BCUT2D eigenvalue weighted by molar-refractivity contribution is 5.18. The molecule has 106 valence electrons. The summed E-state index contributed by atoms with van der Waals surface area (Å²) >= 11 is 0. The van der Waals surface area contributed by atoms with E-state index in [1.807, 2.05) is 0 Å². The van der Waals surface area contributed by atoms with Gasteiger partial charge < -0.3 is 10.3 Å². The van der Waals surface area contributed by atoms with Crippen LogP contribution in [0.1, 0.15) is 63.4 Å². The Morgan fingerprint density at radius 1 is 1.26 bits per heavy atom. The summed E-state index contributed by atoms with van der Waals surface area (Å²) in [6.45, 7) is 4.70. The SMILES string of the molecule is CC(C)C1CCC(N)C(n2cnc3c2CCCC3)C1. The standard InChI is InChI=1S/C16H27N3/c1-11(2)12-7-8-13(17)16(9-12)19-10-18-14-5-3-4-6-15(14)19/h10-13,16H,3-9,17H2,1-2H3. The van der Waals surface area contributed by atoms with Gasteiger partial charge in [0, 0.05) is 11.7 Å². The van der Waals surface area contributed by atoms with Crippen LogP contribution in [0, 0.1) is 11.8 Å². The maximum Gasteiger partial charge on any atom is 0.0954 e. The Kier molecular flexibility index (Phi) is 3.66. The lowest BCUT2D eigenvalue weighted by Gasteiger charge is -2.37. The maximum absolute atomic E-state index is 6.42. The number of fused-ring (bicyclic) bond motifs is 1. The van der Waals surface area contributed by atoms with Crippen molar-refractivity contribution in [3.63, 3.8) is 0 Å². The van der Waals surface area contributed by atoms with Crippen molar-refractivity contribution in [2.24, 2.45) is 17.6 Å². The predicted octanol–water partition coefficient (Wildman–Crippen LogP) is 3.09. The van der Waals surface area contributed by atoms with Crippen LogP contribution in [0.5, 0.6) is 0 Å². The molecule has 1 fully saturated rings. The Labute approximate surface area is 116 Å². The van der Waals surface area contributed by atoms with Gasteiger partial charge in [-0.15, -0.1) is 0 Å². The molecule has 0 aromatic carbocycles. The van der Waals surface area contributed by atoms with E-state index in [2.05, 4.69) is 29.7 Å². The van der Waals surface area contributed by atoms with Gasteiger partial charge >= 0.3 is 0 Å². The van der Waals surface area contributed by atoms with Crippen molar-refractivity contribution in [2.45, 2.75) is 70.9 Å². The number of nitrogens with zero attached hydrogens (tertiary/aromatic N) is 2. The number of hydrogen-bond donors (Lipinski definition) is 1. The normalized spacial score (nSPS) is 31.5. The molecule has 3 heteroatoms. The minimum Gasteiger partial charge on any atom is -0.330 e. The molecule has 0 saturated heterocycles. The van der Waals surface area contributed by atoms with Crippen LogP contribution in [0.3, 0.4) is 0 Å². The first-order valence-corrected chi connectivity index (χ1v) is 7.97. The summed E-state index contributed by atoms with van der Waals surface area (Å²) in [5, 5.41) is 0. The zero-order valence-electron chi connectivity index (χ0n) is 12.3. The van der Waals surface area contributed by atoms with E-state index in [9.17, 15) is 0 Å². The van der Waals surface area contributed by atoms with Crippen LogP contribution in [0.4, 0.5) is 0 Å². The molecule has 3 rings (SSSR count). The topological polar surface area (TPSA) is 43.8 Å². The largest absolute Gasteiger partial charge is 0.330 e. The van der Waals surface area contributed by atoms with Crippen molar-refractivity contribution >= 4 is 0 Å². The average molecular weight is 261 g/mol. The maximum atomic E-state index is 6.42. The van der Waals surface area contributed by atoms with Gasteiger partial charge in [0.2, 0.25) is 0 Å². The summed E-state index contributed by atoms with van der Waals surface area (Å²) < 4.78 is 2.44. The molecule has 1 aromatic heterocycles. The van der Waals surface area contributed by atoms with Crippen molar-refractivity contribution in [1.82, 2.24) is 9.55 Å². The number of imidazole rings is 1. The van der Waals surface area contributed by atoms with Gasteiger partial charge in [-0.2, -0.15) is 0 Å². The summed E-state index contributed by atoms with van der Waals surface area (Å²) in [6, 6.07) is 0.797. The minimum absolute atomic E-state index is 0.315. The van der Waals surface area contributed by atoms with E-state index in [-0.39, 0.29) is 0 Å². The molecule has 2 N–H and O–H groups in total. The molecule has 3 atom stereocenters. The van der Waals surface area contributed by atoms with Gasteiger partial charge in [0.25, 0.3) is 0 Å². The summed E-state index contributed by atoms with van der Waals surface area (Å²) in [6.07, 6.45) is 10.8. The third-order valence-electron chi connectivity index (χ3n) is 5.27. The van der Waals surface area contributed by atoms with Gasteiger partial charge in [-0.25, -0.2) is 4.98 Å². The fourth-order valence-electron chi connectivity index (χ4n) is 3.91. The lowest BCUT2D eigenvalue weighted by atomic mass is 9.77. The smallest absolute Gasteiger partial charge is 0.0954 e. The van der Waals surface area contributed by atoms with Crippen LogP contribution in [-0.2, 0) is 12.8 Å². The number of aryl methyl sites for hydroxylation is 1. The Morgan fingerprint density at radius 3 is 2.84 bits per heavy atom. The first kappa shape index (κ1) is 13.2. The third-order valence-corrected chi connectivity index (χ3v) is 5.27. The van der Waals surface area contributed by atoms with Gasteiger partial charge in [0.05, 0.1) is 18.1 Å². The molecule has 1 saturated carbocycles. The Balaban J connectivity index is 1.85. The Morgan fingerprint density at radius 2 is 2.05 bits per heavy atom. The molecule has 1 heterocycles. The number of nitrogens with two attached hydrogens (primary N) is 1. The highest BCUT2D eigenvalue weighted by Crippen LogP contribution is 2.37. The summed E-state index contributed by atoms with van der Waals surface area (Å²) in [5.74, 6) is 1.60. The summed E-state index contributed by atoms with van der Waals surface area (Å²) in [4.78, 5) is 4.64. The lowest BCUT2D eigenvalue weighted by Crippen LogP contribution is -2.39. The van der Waals surface area contributed by atoms with Crippen molar-refractivity contribution in [1.29, 1.82) is 0 Å². The predicted molar refractivity (Wildman–Crippen MR) is 78.1 cm³/mol. The fraction of sp³-hybridized carbons (Fsp3) is 0.812. The molecular weight excluding hydrogens is 234 g/mol. The first-order chi connectivity index (χ1) is 9.16. The zero-order chi connectivity index (χ0) is 13.4. The minimum atomic E-state index is 0.315. The van der Waals surface area contributed by atoms with Crippen LogP contribution in [0.2, 0.25) is 0 Å². The average Bonchev–Trinajstić information content (AvgIpc) is 2.83. The first-order valence-electron chi connectivity index (χ1n) is 7.97. The fourth-order valence-corrected chi connectivity index (χ4v) is 3.91. The van der Waals surface area contributed by atoms with Crippen LogP contribution in [0.25, 0.3) is 0 Å². The molecule has 19 heavy (non-hydrogen) atoms. The molecule has 2 aliphatic rings. The van der Waals surface area contributed by atoms with E-state index in [1.165, 1.54) is 49.9 Å². The number of aromatic nitrogens is 2. The van der Waals surface area contributed by atoms with Gasteiger partial charge in [-0.1, -0.05) is 13.8 Å². The molecule has 3 unspecified atom stereocenters. The molecule has 0 aliphatic heterocycles. The number of rotatable bonds is 2. The molecule has 2 aliphatic carbocycles. The van der Waals surface area contributed by atoms with Gasteiger partial charge in [-0.3, -0.25) is 0 Å². The summed E-state index contributed by atoms with van der Waals surface area (Å²) in [5.41, 5.74) is 9.24. The lowest BCUT2D eigenvalue weighted by molar-refractivity contribution is 0.190. The molecule has 1 aromatic rings. The highest BCUT2D eigenvalue weighted by Gasteiger charge is 2.32. The Hall–Kier alpha value is -0.830. The Bertz CT molecular complexity index is 435. The monoisotopic (exact) mass is 261 g/mol. The van der Waals surface area contributed by atoms with Crippen molar-refractivity contribution in [3.8, 4) is 0 Å². The van der Waals surface area contributed by atoms with E-state index < -0.39 is 0 Å². The van der Waals surface area contributed by atoms with Crippen LogP contribution in [-0.4, -0.2) is 15.6 Å². The molecule has 0 amide bonds. The van der Waals surface area contributed by atoms with Gasteiger partial charge in [-0.05, 0) is 56.8 Å². The van der Waals surface area contributed by atoms with E-state index in [1.54, 1.807) is 0 Å². The summed E-state index contributed by atoms with van der Waals surface area (Å²) in [7, 11) is 0. The molecule has 0 radical (unpaired) electrons. The highest BCUT2D eigenvalue weighted by atomic mass is 15.1. The van der Waals surface area contributed by atoms with Gasteiger partial charge in [0.15, 0.2) is 0 Å². The number of hydrogen-bond acceptors (Lipinski definition) is 2. The van der Waals surface area contributed by atoms with Crippen LogP contribution < -0.4 is 5.73 Å². The van der Waals surface area contributed by atoms with Crippen molar-refractivity contribution < 1.29 is 0 Å². The molecule has 0 bridgehead atoms. The quantitative estimate of drug-likeness (QED) is 0.889. The second-order valence-corrected chi connectivity index (χ2v) is 6.80. The van der Waals surface area contributed by atoms with Crippen LogP contribution >= 0.6 is 0 Å². The van der Waals surface area contributed by atoms with E-state index >= 15 is 0 Å². The third kappa shape index (κ3) is 2.45. The second kappa shape index (κ2) is 5.28. The molecule has 3 nitrogen and oxygen atoms in total. The van der Waals surface area contributed by atoms with Gasteiger partial charge in [0.1, 0.15) is 0 Å². The second-order valence-electron chi connectivity index (χ2n) is 6.80. The molecule has 0 spiro atoms. The molecular formula is C16H27N3. The van der Waals surface area contributed by atoms with Crippen LogP contribution in [0.15, 0.2) is 6.33 Å². The van der Waals surface area contributed by atoms with Crippen molar-refractivity contribution in [3.05, 3.63) is 17.7 Å². The van der Waals surface area contributed by atoms with E-state index in [0.29, 0.717) is 12.1 Å². The zero-order valence-corrected chi connectivity index (χ0v) is 12.3. The van der Waals surface area contributed by atoms with Crippen molar-refractivity contribution in [2.75, 3.05) is 0 Å². The van der Waals surface area contributed by atoms with E-state index in [4.69, 9.17) is 5.73 Å².